The Bertz CT molecular complexity index is 417. The summed E-state index contributed by atoms with van der Waals surface area (Å²) in [5.74, 6) is 0.0804. The van der Waals surface area contributed by atoms with Gasteiger partial charge in [0.05, 0.1) is 5.56 Å². The van der Waals surface area contributed by atoms with E-state index in [1.807, 2.05) is 6.07 Å². The molecule has 1 aliphatic rings. The molecule has 0 aromatic heterocycles. The van der Waals surface area contributed by atoms with Crippen LogP contribution < -0.4 is 15.8 Å². The summed E-state index contributed by atoms with van der Waals surface area (Å²) >= 11 is 3.32. The maximum Gasteiger partial charge on any atom is 0.253 e. The van der Waals surface area contributed by atoms with Crippen LogP contribution in [0.3, 0.4) is 0 Å². The van der Waals surface area contributed by atoms with E-state index >= 15 is 0 Å². The van der Waals surface area contributed by atoms with Crippen molar-refractivity contribution in [3.05, 3.63) is 28.2 Å². The molecule has 5 heteroatoms. The third-order valence-electron chi connectivity index (χ3n) is 2.77. The summed E-state index contributed by atoms with van der Waals surface area (Å²) in [6.07, 6.45) is 2.19. The molecule has 4 nitrogen and oxygen atoms in total. The molecule has 1 unspecified atom stereocenters. The van der Waals surface area contributed by atoms with Gasteiger partial charge in [0.1, 0.15) is 11.9 Å². The van der Waals surface area contributed by atoms with E-state index in [4.69, 9.17) is 10.5 Å². The highest BCUT2D eigenvalue weighted by Crippen LogP contribution is 2.27. The van der Waals surface area contributed by atoms with E-state index in [-0.39, 0.29) is 6.10 Å². The van der Waals surface area contributed by atoms with E-state index in [0.717, 1.165) is 25.9 Å². The zero-order chi connectivity index (χ0) is 12.3. The fourth-order valence-corrected chi connectivity index (χ4v) is 2.49. The number of nitrogens with one attached hydrogen (secondary N) is 1. The minimum Gasteiger partial charge on any atom is -0.488 e. The van der Waals surface area contributed by atoms with Crippen LogP contribution in [-0.4, -0.2) is 25.1 Å². The number of ether oxygens (including phenoxy) is 1. The van der Waals surface area contributed by atoms with Crippen LogP contribution in [0.4, 0.5) is 0 Å². The monoisotopic (exact) mass is 298 g/mol. The molecule has 1 aromatic carbocycles. The molecule has 1 saturated heterocycles. The van der Waals surface area contributed by atoms with E-state index in [1.54, 1.807) is 12.1 Å². The first-order chi connectivity index (χ1) is 8.18. The van der Waals surface area contributed by atoms with Gasteiger partial charge in [0, 0.05) is 11.0 Å². The number of amides is 1. The number of carbonyl (C=O) groups excluding carboxylic acids is 1. The number of rotatable bonds is 3. The maximum atomic E-state index is 11.4. The lowest BCUT2D eigenvalue weighted by Crippen LogP contribution is -2.37. The molecule has 0 aliphatic carbocycles. The molecule has 1 heterocycles. The van der Waals surface area contributed by atoms with Gasteiger partial charge in [0.2, 0.25) is 0 Å². The summed E-state index contributed by atoms with van der Waals surface area (Å²) in [5.41, 5.74) is 5.77. The number of hydrogen-bond donors (Lipinski definition) is 2. The number of halogens is 1. The van der Waals surface area contributed by atoms with Crippen molar-refractivity contribution >= 4 is 21.8 Å². The predicted molar refractivity (Wildman–Crippen MR) is 69.2 cm³/mol. The Morgan fingerprint density at radius 3 is 3.00 bits per heavy atom. The molecule has 1 aliphatic heterocycles. The number of benzene rings is 1. The van der Waals surface area contributed by atoms with Crippen LogP contribution in [0.15, 0.2) is 22.7 Å². The highest BCUT2D eigenvalue weighted by atomic mass is 79.9. The van der Waals surface area contributed by atoms with Crippen LogP contribution in [0, 0.1) is 0 Å². The van der Waals surface area contributed by atoms with Gasteiger partial charge in [-0.3, -0.25) is 4.79 Å². The van der Waals surface area contributed by atoms with Crippen LogP contribution >= 0.6 is 15.9 Å². The van der Waals surface area contributed by atoms with Crippen LogP contribution in [0.1, 0.15) is 23.2 Å². The second-order valence-electron chi connectivity index (χ2n) is 4.06. The van der Waals surface area contributed by atoms with Crippen molar-refractivity contribution in [1.82, 2.24) is 5.32 Å². The first-order valence-corrected chi connectivity index (χ1v) is 6.43. The second kappa shape index (κ2) is 5.51. The van der Waals surface area contributed by atoms with Crippen molar-refractivity contribution < 1.29 is 9.53 Å². The summed E-state index contributed by atoms with van der Waals surface area (Å²) in [6, 6.07) is 5.40. The largest absolute Gasteiger partial charge is 0.488 e. The lowest BCUT2D eigenvalue weighted by Gasteiger charge is -2.24. The number of primary amides is 1. The molecule has 1 aromatic rings. The van der Waals surface area contributed by atoms with Crippen molar-refractivity contribution in [3.8, 4) is 5.75 Å². The van der Waals surface area contributed by atoms with E-state index in [0.29, 0.717) is 15.8 Å². The summed E-state index contributed by atoms with van der Waals surface area (Å²) in [4.78, 5) is 11.4. The van der Waals surface area contributed by atoms with Crippen molar-refractivity contribution in [2.75, 3.05) is 13.1 Å². The Labute approximate surface area is 109 Å². The van der Waals surface area contributed by atoms with Crippen LogP contribution in [0.2, 0.25) is 0 Å². The lowest BCUT2D eigenvalue weighted by atomic mass is 10.1. The summed E-state index contributed by atoms with van der Waals surface area (Å²) in [6.45, 7) is 1.84. The van der Waals surface area contributed by atoms with Crippen molar-refractivity contribution in [2.24, 2.45) is 5.73 Å². The van der Waals surface area contributed by atoms with Crippen molar-refractivity contribution in [2.45, 2.75) is 18.9 Å². The van der Waals surface area contributed by atoms with Gasteiger partial charge in [-0.25, -0.2) is 0 Å². The number of nitrogens with two attached hydrogens (primary N) is 1. The molecule has 0 bridgehead atoms. The Kier molecular flexibility index (Phi) is 4.02. The SMILES string of the molecule is NC(=O)c1c(Br)cccc1OC1CCCNC1. The zero-order valence-corrected chi connectivity index (χ0v) is 11.0. The lowest BCUT2D eigenvalue weighted by molar-refractivity contribution is 0.0989. The Morgan fingerprint density at radius 2 is 2.35 bits per heavy atom. The first kappa shape index (κ1) is 12.4. The first-order valence-electron chi connectivity index (χ1n) is 5.64. The molecular formula is C12H15BrN2O2. The standard InChI is InChI=1S/C12H15BrN2O2/c13-9-4-1-5-10(11(9)12(14)16)17-8-3-2-6-15-7-8/h1,4-5,8,15H,2-3,6-7H2,(H2,14,16). The Hall–Kier alpha value is -1.07. The molecule has 3 N–H and O–H groups in total. The molecule has 2 rings (SSSR count). The smallest absolute Gasteiger partial charge is 0.253 e. The maximum absolute atomic E-state index is 11.4. The summed E-state index contributed by atoms with van der Waals surface area (Å²) in [7, 11) is 0. The normalized spacial score (nSPS) is 19.9. The quantitative estimate of drug-likeness (QED) is 0.892. The van der Waals surface area contributed by atoms with Gasteiger partial charge in [0.15, 0.2) is 0 Å². The second-order valence-corrected chi connectivity index (χ2v) is 4.92. The van der Waals surface area contributed by atoms with Crippen molar-refractivity contribution in [1.29, 1.82) is 0 Å². The van der Waals surface area contributed by atoms with Gasteiger partial charge >= 0.3 is 0 Å². The van der Waals surface area contributed by atoms with E-state index in [9.17, 15) is 4.79 Å². The van der Waals surface area contributed by atoms with Crippen molar-refractivity contribution in [3.63, 3.8) is 0 Å². The number of carbonyl (C=O) groups is 1. The highest BCUT2D eigenvalue weighted by Gasteiger charge is 2.19. The van der Waals surface area contributed by atoms with Gasteiger partial charge in [0.25, 0.3) is 5.91 Å². The van der Waals surface area contributed by atoms with Gasteiger partial charge < -0.3 is 15.8 Å². The van der Waals surface area contributed by atoms with Crippen LogP contribution in [0.25, 0.3) is 0 Å². The average molecular weight is 299 g/mol. The fourth-order valence-electron chi connectivity index (χ4n) is 1.94. The molecule has 17 heavy (non-hydrogen) atoms. The molecule has 1 amide bonds. The van der Waals surface area contributed by atoms with Gasteiger partial charge in [-0.05, 0) is 47.4 Å². The van der Waals surface area contributed by atoms with E-state index < -0.39 is 5.91 Å². The minimum atomic E-state index is -0.476. The molecule has 92 valence electrons. The van der Waals surface area contributed by atoms with E-state index in [2.05, 4.69) is 21.2 Å². The van der Waals surface area contributed by atoms with Crippen LogP contribution in [-0.2, 0) is 0 Å². The number of hydrogen-bond acceptors (Lipinski definition) is 3. The molecular weight excluding hydrogens is 284 g/mol. The van der Waals surface area contributed by atoms with Crippen LogP contribution in [0.5, 0.6) is 5.75 Å². The number of piperidine rings is 1. The fraction of sp³-hybridized carbons (Fsp3) is 0.417. The topological polar surface area (TPSA) is 64.4 Å². The highest BCUT2D eigenvalue weighted by molar-refractivity contribution is 9.10. The summed E-state index contributed by atoms with van der Waals surface area (Å²) < 4.78 is 6.51. The average Bonchev–Trinajstić information content (AvgIpc) is 2.30. The minimum absolute atomic E-state index is 0.108. The molecule has 0 radical (unpaired) electrons. The van der Waals surface area contributed by atoms with Gasteiger partial charge in [-0.1, -0.05) is 6.07 Å². The molecule has 1 fully saturated rings. The van der Waals surface area contributed by atoms with Gasteiger partial charge in [-0.15, -0.1) is 0 Å². The third-order valence-corrected chi connectivity index (χ3v) is 3.43. The Balaban J connectivity index is 2.19. The molecule has 0 saturated carbocycles. The summed E-state index contributed by atoms with van der Waals surface area (Å²) in [5, 5.41) is 3.27. The molecule has 0 spiro atoms. The predicted octanol–water partition coefficient (Wildman–Crippen LogP) is 1.68. The molecule has 1 atom stereocenters. The van der Waals surface area contributed by atoms with E-state index in [1.165, 1.54) is 0 Å². The van der Waals surface area contributed by atoms with Gasteiger partial charge in [-0.2, -0.15) is 0 Å². The zero-order valence-electron chi connectivity index (χ0n) is 9.41. The Morgan fingerprint density at radius 1 is 1.53 bits per heavy atom. The third kappa shape index (κ3) is 2.98.